The predicted octanol–water partition coefficient (Wildman–Crippen LogP) is 3.43. The molecule has 0 aliphatic carbocycles. The fourth-order valence-electron chi connectivity index (χ4n) is 5.07. The molecule has 2 atom stereocenters. The molecule has 4 aliphatic heterocycles. The summed E-state index contributed by atoms with van der Waals surface area (Å²) in [5.74, 6) is 7.41. The van der Waals surface area contributed by atoms with E-state index in [9.17, 15) is 5.11 Å². The van der Waals surface area contributed by atoms with Gasteiger partial charge in [-0.05, 0) is 56.8 Å². The summed E-state index contributed by atoms with van der Waals surface area (Å²) in [5, 5.41) is 11.2. The molecule has 0 radical (unpaired) electrons. The number of benzene rings is 1. The summed E-state index contributed by atoms with van der Waals surface area (Å²) < 4.78 is 11.8. The molecule has 1 N–H and O–H groups in total. The lowest BCUT2D eigenvalue weighted by molar-refractivity contribution is -0.0713. The molecule has 2 bridgehead atoms. The minimum Gasteiger partial charge on any atom is -0.475 e. The van der Waals surface area contributed by atoms with Crippen LogP contribution in [0.5, 0.6) is 5.88 Å². The van der Waals surface area contributed by atoms with Crippen LogP contribution in [0.25, 0.3) is 0 Å². The van der Waals surface area contributed by atoms with E-state index in [4.69, 9.17) is 14.5 Å². The molecule has 4 saturated heterocycles. The molecule has 32 heavy (non-hydrogen) atoms. The van der Waals surface area contributed by atoms with Crippen molar-refractivity contribution in [2.24, 2.45) is 5.92 Å². The van der Waals surface area contributed by atoms with Gasteiger partial charge >= 0.3 is 0 Å². The minimum atomic E-state index is -0.923. The van der Waals surface area contributed by atoms with Gasteiger partial charge in [-0.1, -0.05) is 42.2 Å². The molecule has 4 aliphatic rings. The normalized spacial score (nSPS) is 29.2. The third-order valence-corrected chi connectivity index (χ3v) is 7.00. The Balaban J connectivity index is 1.37. The number of rotatable bonds is 5. The summed E-state index contributed by atoms with van der Waals surface area (Å²) in [6.07, 6.45) is 6.23. The van der Waals surface area contributed by atoms with Crippen LogP contribution in [0, 0.1) is 17.8 Å². The molecule has 1 aromatic carbocycles. The monoisotopic (exact) mass is 432 g/mol. The number of fused-ring (bicyclic) bond motifs is 3. The summed E-state index contributed by atoms with van der Waals surface area (Å²) in [6.45, 7) is 4.14. The molecule has 1 unspecified atom stereocenters. The first kappa shape index (κ1) is 21.5. The van der Waals surface area contributed by atoms with Gasteiger partial charge in [0.25, 0.3) is 0 Å². The third kappa shape index (κ3) is 4.99. The van der Waals surface area contributed by atoms with Gasteiger partial charge in [-0.25, -0.2) is 4.98 Å². The van der Waals surface area contributed by atoms with Gasteiger partial charge in [0.1, 0.15) is 12.2 Å². The summed E-state index contributed by atoms with van der Waals surface area (Å²) in [5.41, 5.74) is 2.00. The Morgan fingerprint density at radius 1 is 1.09 bits per heavy atom. The molecule has 168 valence electrons. The number of hydrogen-bond donors (Lipinski definition) is 1. The molecule has 1 aromatic heterocycles. The van der Waals surface area contributed by atoms with E-state index in [1.165, 1.54) is 12.0 Å². The first-order chi connectivity index (χ1) is 15.7. The van der Waals surface area contributed by atoms with Gasteiger partial charge in [0.15, 0.2) is 0 Å². The molecular weight excluding hydrogens is 400 g/mol. The van der Waals surface area contributed by atoms with Crippen molar-refractivity contribution >= 4 is 0 Å². The van der Waals surface area contributed by atoms with Gasteiger partial charge in [0.05, 0.1) is 11.8 Å². The Bertz CT molecular complexity index is 969. The average molecular weight is 433 g/mol. The van der Waals surface area contributed by atoms with E-state index in [1.54, 1.807) is 0 Å². The maximum atomic E-state index is 11.2. The molecule has 5 heteroatoms. The van der Waals surface area contributed by atoms with Gasteiger partial charge in [-0.3, -0.25) is 4.90 Å². The largest absolute Gasteiger partial charge is 0.475 e. The highest BCUT2D eigenvalue weighted by Gasteiger charge is 2.44. The van der Waals surface area contributed by atoms with Crippen LogP contribution >= 0.6 is 0 Å². The standard InChI is InChI=1S/C27H32N2O3/c30-27(20-29-15-12-23(27)13-16-29)14-11-22-9-10-26(32-19-24-8-4-5-17-31-24)28-25(22)18-21-6-2-1-3-7-21/h1-3,6-7,9-10,23-24,30H,4-5,8,12-13,15-20H2/t24?,27-/m1/s1. The van der Waals surface area contributed by atoms with Crippen molar-refractivity contribution in [3.05, 3.63) is 59.3 Å². The van der Waals surface area contributed by atoms with Gasteiger partial charge in [0.2, 0.25) is 5.88 Å². The van der Waals surface area contributed by atoms with Crippen LogP contribution in [-0.2, 0) is 11.2 Å². The first-order valence-electron chi connectivity index (χ1n) is 11.9. The van der Waals surface area contributed by atoms with Crippen LogP contribution in [-0.4, -0.2) is 59.5 Å². The average Bonchev–Trinajstić information content (AvgIpc) is 2.84. The van der Waals surface area contributed by atoms with E-state index < -0.39 is 5.60 Å². The second kappa shape index (κ2) is 9.62. The third-order valence-electron chi connectivity index (χ3n) is 7.00. The van der Waals surface area contributed by atoms with Crippen LogP contribution in [0.3, 0.4) is 0 Å². The highest BCUT2D eigenvalue weighted by Crippen LogP contribution is 2.35. The molecular formula is C27H32N2O3. The smallest absolute Gasteiger partial charge is 0.213 e. The van der Waals surface area contributed by atoms with Crippen molar-refractivity contribution in [3.8, 4) is 17.7 Å². The maximum Gasteiger partial charge on any atom is 0.213 e. The fraction of sp³-hybridized carbons (Fsp3) is 0.519. The van der Waals surface area contributed by atoms with Crippen molar-refractivity contribution in [1.29, 1.82) is 0 Å². The number of hydrogen-bond acceptors (Lipinski definition) is 5. The van der Waals surface area contributed by atoms with E-state index in [0.717, 1.165) is 56.6 Å². The maximum absolute atomic E-state index is 11.2. The zero-order valence-corrected chi connectivity index (χ0v) is 18.6. The van der Waals surface area contributed by atoms with Crippen LogP contribution in [0.4, 0.5) is 0 Å². The van der Waals surface area contributed by atoms with Gasteiger partial charge in [0, 0.05) is 37.1 Å². The Labute approximate surface area is 190 Å². The Morgan fingerprint density at radius 3 is 2.66 bits per heavy atom. The zero-order valence-electron chi connectivity index (χ0n) is 18.6. The molecule has 6 rings (SSSR count). The lowest BCUT2D eigenvalue weighted by atomic mass is 9.75. The molecule has 4 fully saturated rings. The van der Waals surface area contributed by atoms with Crippen molar-refractivity contribution in [2.75, 3.05) is 32.8 Å². The molecule has 0 saturated carbocycles. The first-order valence-corrected chi connectivity index (χ1v) is 11.9. The van der Waals surface area contributed by atoms with Crippen molar-refractivity contribution in [1.82, 2.24) is 9.88 Å². The van der Waals surface area contributed by atoms with Gasteiger partial charge in [-0.15, -0.1) is 0 Å². The fourth-order valence-corrected chi connectivity index (χ4v) is 5.07. The van der Waals surface area contributed by atoms with Crippen molar-refractivity contribution in [3.63, 3.8) is 0 Å². The van der Waals surface area contributed by atoms with Gasteiger partial charge in [-0.2, -0.15) is 0 Å². The summed E-state index contributed by atoms with van der Waals surface area (Å²) in [7, 11) is 0. The molecule has 0 amide bonds. The number of aromatic nitrogens is 1. The number of pyridine rings is 1. The number of ether oxygens (including phenoxy) is 2. The number of nitrogens with zero attached hydrogens (tertiary/aromatic N) is 2. The molecule has 0 spiro atoms. The number of aliphatic hydroxyl groups is 1. The zero-order chi connectivity index (χ0) is 21.8. The second-order valence-electron chi connectivity index (χ2n) is 9.33. The highest BCUT2D eigenvalue weighted by molar-refractivity contribution is 5.44. The topological polar surface area (TPSA) is 54.8 Å². The predicted molar refractivity (Wildman–Crippen MR) is 124 cm³/mol. The van der Waals surface area contributed by atoms with E-state index in [-0.39, 0.29) is 12.0 Å². The van der Waals surface area contributed by atoms with E-state index in [1.807, 2.05) is 30.3 Å². The quantitative estimate of drug-likeness (QED) is 0.734. The summed E-state index contributed by atoms with van der Waals surface area (Å²) >= 11 is 0. The SMILES string of the molecule is O[C@]1(C#Cc2ccc(OCC3CCCCO3)nc2Cc2ccccc2)CN2CCC1CC2. The van der Waals surface area contributed by atoms with Crippen molar-refractivity contribution in [2.45, 2.75) is 50.2 Å². The molecule has 5 heterocycles. The molecule has 2 aromatic rings. The highest BCUT2D eigenvalue weighted by atomic mass is 16.5. The minimum absolute atomic E-state index is 0.147. The second-order valence-corrected chi connectivity index (χ2v) is 9.33. The van der Waals surface area contributed by atoms with Crippen LogP contribution in [0.2, 0.25) is 0 Å². The number of piperidine rings is 3. The van der Waals surface area contributed by atoms with E-state index in [0.29, 0.717) is 25.5 Å². The Kier molecular flexibility index (Phi) is 6.45. The molecule has 5 nitrogen and oxygen atoms in total. The Morgan fingerprint density at radius 2 is 1.94 bits per heavy atom. The Hall–Kier alpha value is -2.39. The summed E-state index contributed by atoms with van der Waals surface area (Å²) in [4.78, 5) is 7.14. The lowest BCUT2D eigenvalue weighted by Crippen LogP contribution is -2.58. The van der Waals surface area contributed by atoms with Crippen molar-refractivity contribution < 1.29 is 14.6 Å². The van der Waals surface area contributed by atoms with Crippen LogP contribution < -0.4 is 4.74 Å². The van der Waals surface area contributed by atoms with Crippen LogP contribution in [0.15, 0.2) is 42.5 Å². The van der Waals surface area contributed by atoms with Gasteiger partial charge < -0.3 is 14.6 Å². The van der Waals surface area contributed by atoms with Crippen LogP contribution in [0.1, 0.15) is 48.9 Å². The van der Waals surface area contributed by atoms with E-state index >= 15 is 0 Å². The van der Waals surface area contributed by atoms with E-state index in [2.05, 4.69) is 28.9 Å². The summed E-state index contributed by atoms with van der Waals surface area (Å²) in [6, 6.07) is 14.2. The lowest BCUT2D eigenvalue weighted by Gasteiger charge is -2.47.